The number of hydrogen-bond donors (Lipinski definition) is 1. The molecule has 9 heteroatoms. The highest BCUT2D eigenvalue weighted by molar-refractivity contribution is 7.89. The summed E-state index contributed by atoms with van der Waals surface area (Å²) in [6, 6.07) is 7.77. The maximum atomic E-state index is 11.8. The zero-order valence-electron chi connectivity index (χ0n) is 9.85. The lowest BCUT2D eigenvalue weighted by Gasteiger charge is -2.01. The maximum Gasteiger partial charge on any atom is 0.276 e. The van der Waals surface area contributed by atoms with Crippen molar-refractivity contribution in [3.63, 3.8) is 0 Å². The highest BCUT2D eigenvalue weighted by Gasteiger charge is 2.13. The van der Waals surface area contributed by atoms with E-state index in [9.17, 15) is 13.6 Å². The van der Waals surface area contributed by atoms with Crippen molar-refractivity contribution in [1.82, 2.24) is 9.99 Å². The summed E-state index contributed by atoms with van der Waals surface area (Å²) in [5.41, 5.74) is 0.327. The largest absolute Gasteiger partial charge is 0.359 e. The highest BCUT2D eigenvalue weighted by Crippen LogP contribution is 2.06. The van der Waals surface area contributed by atoms with Crippen LogP contribution in [0, 0.1) is 12.1 Å². The summed E-state index contributed by atoms with van der Waals surface area (Å²) in [5, 5.41) is 17.8. The fourth-order valence-corrected chi connectivity index (χ4v) is 2.04. The molecular formula is C10H10N4O4S. The van der Waals surface area contributed by atoms with Crippen LogP contribution in [0.15, 0.2) is 45.0 Å². The minimum absolute atomic E-state index is 0.0860. The van der Waals surface area contributed by atoms with Crippen LogP contribution < -0.4 is 9.73 Å². The molecule has 0 fully saturated rings. The molecule has 19 heavy (non-hydrogen) atoms. The molecule has 0 saturated heterocycles. The van der Waals surface area contributed by atoms with Crippen LogP contribution in [0.25, 0.3) is 0 Å². The molecule has 0 bridgehead atoms. The fraction of sp³-hybridized carbons (Fsp3) is 0.100. The maximum absolute atomic E-state index is 11.8. The van der Waals surface area contributed by atoms with Crippen LogP contribution in [0.4, 0.5) is 0 Å². The molecule has 0 aliphatic carbocycles. The molecule has 0 radical (unpaired) electrons. The van der Waals surface area contributed by atoms with E-state index in [-0.39, 0.29) is 21.2 Å². The van der Waals surface area contributed by atoms with E-state index in [1.807, 2.05) is 4.83 Å². The lowest BCUT2D eigenvalue weighted by atomic mass is 10.4. The van der Waals surface area contributed by atoms with E-state index in [1.54, 1.807) is 18.2 Å². The molecule has 1 aromatic carbocycles. The molecule has 2 aromatic rings. The van der Waals surface area contributed by atoms with Gasteiger partial charge in [0.2, 0.25) is 5.69 Å². The van der Waals surface area contributed by atoms with Crippen molar-refractivity contribution in [3.05, 3.63) is 46.9 Å². The molecule has 2 rings (SSSR count). The molecule has 0 unspecified atom stereocenters. The summed E-state index contributed by atoms with van der Waals surface area (Å²) in [7, 11) is -3.73. The zero-order chi connectivity index (χ0) is 13.9. The predicted octanol–water partition coefficient (Wildman–Crippen LogP) is -0.0712. The van der Waals surface area contributed by atoms with E-state index in [4.69, 9.17) is 0 Å². The van der Waals surface area contributed by atoms with E-state index in [0.717, 1.165) is 6.21 Å². The summed E-state index contributed by atoms with van der Waals surface area (Å²) in [5.74, 6) is 0. The number of rotatable bonds is 4. The van der Waals surface area contributed by atoms with Gasteiger partial charge in [-0.25, -0.2) is 0 Å². The Bertz CT molecular complexity index is 694. The van der Waals surface area contributed by atoms with Gasteiger partial charge < -0.3 is 5.21 Å². The number of aromatic nitrogens is 2. The van der Waals surface area contributed by atoms with Crippen molar-refractivity contribution >= 4 is 16.2 Å². The molecule has 1 aromatic heterocycles. The molecule has 1 N–H and O–H groups in total. The number of hydrazone groups is 1. The van der Waals surface area contributed by atoms with Gasteiger partial charge >= 0.3 is 0 Å². The first-order valence-electron chi connectivity index (χ1n) is 5.17. The van der Waals surface area contributed by atoms with Gasteiger partial charge in [-0.15, -0.1) is 0 Å². The van der Waals surface area contributed by atoms with Gasteiger partial charge in [0.1, 0.15) is 6.21 Å². The number of nitrogens with one attached hydrogen (secondary N) is 1. The molecule has 0 atom stereocenters. The van der Waals surface area contributed by atoms with Crippen LogP contribution in [0.5, 0.6) is 0 Å². The molecule has 8 nitrogen and oxygen atoms in total. The summed E-state index contributed by atoms with van der Waals surface area (Å²) >= 11 is 0. The summed E-state index contributed by atoms with van der Waals surface area (Å²) < 4.78 is 27.9. The third-order valence-corrected chi connectivity index (χ3v) is 3.51. The van der Waals surface area contributed by atoms with Crippen LogP contribution in [-0.4, -0.2) is 19.8 Å². The highest BCUT2D eigenvalue weighted by atomic mass is 32.2. The van der Waals surface area contributed by atoms with E-state index < -0.39 is 10.0 Å². The number of hydrogen-bond acceptors (Lipinski definition) is 6. The van der Waals surface area contributed by atoms with E-state index in [2.05, 4.69) is 14.9 Å². The van der Waals surface area contributed by atoms with Crippen molar-refractivity contribution in [2.45, 2.75) is 11.8 Å². The van der Waals surface area contributed by atoms with Gasteiger partial charge in [-0.2, -0.15) is 18.4 Å². The Kier molecular flexibility index (Phi) is 3.47. The Balaban J connectivity index is 2.13. The minimum atomic E-state index is -3.73. The van der Waals surface area contributed by atoms with Crippen molar-refractivity contribution in [3.8, 4) is 0 Å². The molecule has 0 aliphatic heterocycles. The second-order valence-electron chi connectivity index (χ2n) is 3.57. The summed E-state index contributed by atoms with van der Waals surface area (Å²) in [4.78, 5) is 2.30. The zero-order valence-corrected chi connectivity index (χ0v) is 10.7. The Hall–Kier alpha value is -2.42. The Morgan fingerprint density at radius 1 is 1.42 bits per heavy atom. The molecule has 100 valence electrons. The molecular weight excluding hydrogens is 272 g/mol. The number of benzene rings is 1. The Labute approximate surface area is 108 Å². The third kappa shape index (κ3) is 2.88. The lowest BCUT2D eigenvalue weighted by molar-refractivity contribution is -0.806. The van der Waals surface area contributed by atoms with Crippen molar-refractivity contribution < 1.29 is 17.9 Å². The predicted molar refractivity (Wildman–Crippen MR) is 64.6 cm³/mol. The first-order chi connectivity index (χ1) is 9.00. The van der Waals surface area contributed by atoms with Gasteiger partial charge in [-0.05, 0) is 17.0 Å². The SMILES string of the molecule is Cc1c(/C=N\NS(=O)(=O)c2ccccc2)no[n+]1[O-]. The number of nitrogens with zero attached hydrogens (tertiary/aromatic N) is 3. The fourth-order valence-electron chi connectivity index (χ4n) is 1.23. The van der Waals surface area contributed by atoms with Gasteiger partial charge in [-0.3, -0.25) is 4.63 Å². The average molecular weight is 282 g/mol. The van der Waals surface area contributed by atoms with Crippen LogP contribution in [-0.2, 0) is 10.0 Å². The third-order valence-electron chi connectivity index (χ3n) is 2.27. The van der Waals surface area contributed by atoms with Crippen LogP contribution >= 0.6 is 0 Å². The van der Waals surface area contributed by atoms with Crippen LogP contribution in [0.1, 0.15) is 11.4 Å². The normalized spacial score (nSPS) is 11.8. The molecule has 0 aliphatic rings. The van der Waals surface area contributed by atoms with Gasteiger partial charge in [0.15, 0.2) is 0 Å². The molecule has 0 amide bonds. The van der Waals surface area contributed by atoms with E-state index in [1.165, 1.54) is 19.1 Å². The van der Waals surface area contributed by atoms with Crippen molar-refractivity contribution in [1.29, 1.82) is 0 Å². The van der Waals surface area contributed by atoms with Gasteiger partial charge in [-0.1, -0.05) is 18.2 Å². The van der Waals surface area contributed by atoms with Gasteiger partial charge in [0.05, 0.1) is 4.90 Å². The van der Waals surface area contributed by atoms with E-state index in [0.29, 0.717) is 0 Å². The van der Waals surface area contributed by atoms with E-state index >= 15 is 0 Å². The monoisotopic (exact) mass is 282 g/mol. The average Bonchev–Trinajstić information content (AvgIpc) is 2.72. The Morgan fingerprint density at radius 3 is 2.68 bits per heavy atom. The summed E-state index contributed by atoms with van der Waals surface area (Å²) in [6.07, 6.45) is 1.09. The van der Waals surface area contributed by atoms with Gasteiger partial charge in [0, 0.05) is 12.1 Å². The van der Waals surface area contributed by atoms with Crippen molar-refractivity contribution in [2.24, 2.45) is 5.10 Å². The lowest BCUT2D eigenvalue weighted by Crippen LogP contribution is -2.26. The summed E-state index contributed by atoms with van der Waals surface area (Å²) in [6.45, 7) is 1.47. The second kappa shape index (κ2) is 5.06. The van der Waals surface area contributed by atoms with Crippen LogP contribution in [0.2, 0.25) is 0 Å². The molecule has 1 heterocycles. The Morgan fingerprint density at radius 2 is 2.11 bits per heavy atom. The molecule has 0 spiro atoms. The minimum Gasteiger partial charge on any atom is -0.359 e. The molecule has 0 saturated carbocycles. The smallest absolute Gasteiger partial charge is 0.276 e. The van der Waals surface area contributed by atoms with Gasteiger partial charge in [0.25, 0.3) is 15.7 Å². The quantitative estimate of drug-likeness (QED) is 0.479. The standard InChI is InChI=1S/C10H10N4O4S/c1-8-10(12-18-14(8)15)7-11-13-19(16,17)9-5-3-2-4-6-9/h2-7,13H,1H3/b11-7-. The second-order valence-corrected chi connectivity index (χ2v) is 5.23. The first kappa shape index (κ1) is 13.0. The first-order valence-corrected chi connectivity index (χ1v) is 6.65. The number of sulfonamides is 1. The van der Waals surface area contributed by atoms with Crippen molar-refractivity contribution in [2.75, 3.05) is 0 Å². The van der Waals surface area contributed by atoms with Crippen LogP contribution in [0.3, 0.4) is 0 Å². The topological polar surface area (TPSA) is 112 Å².